The predicted octanol–water partition coefficient (Wildman–Crippen LogP) is 0.938. The van der Waals surface area contributed by atoms with Gasteiger partial charge in [-0.15, -0.1) is 0 Å². The lowest BCUT2D eigenvalue weighted by Gasteiger charge is -1.85. The third-order valence-corrected chi connectivity index (χ3v) is 1.84. The minimum Gasteiger partial charge on any atom is -0.549 e. The van der Waals surface area contributed by atoms with E-state index in [1.54, 1.807) is 0 Å². The van der Waals surface area contributed by atoms with Crippen LogP contribution in [0.5, 0.6) is 0 Å². The highest BCUT2D eigenvalue weighted by atomic mass is 79.9. The van der Waals surface area contributed by atoms with Gasteiger partial charge in [-0.1, -0.05) is 42.1 Å². The molecule has 10 heavy (non-hydrogen) atoms. The van der Waals surface area contributed by atoms with Gasteiger partial charge >= 0.3 is 0 Å². The number of rotatable bonds is 2. The van der Waals surface area contributed by atoms with Crippen LogP contribution in [0, 0.1) is 5.92 Å². The summed E-state index contributed by atoms with van der Waals surface area (Å²) in [5.74, 6) is 0.0556. The Morgan fingerprint density at radius 1 is 1.70 bits per heavy atom. The molecule has 0 N–H and O–H groups in total. The predicted molar refractivity (Wildman–Crippen MR) is 41.8 cm³/mol. The standard InChI is InChI=1S/C5H10.C2H3BrO2/c1-2-5-3-4-5;3-1-2(4)5/h5H,2-4H2,1H3;1H2,(H,4,5)/p-1. The highest BCUT2D eigenvalue weighted by Crippen LogP contribution is 2.31. The van der Waals surface area contributed by atoms with Crippen molar-refractivity contribution in [2.24, 2.45) is 5.92 Å². The molecule has 0 radical (unpaired) electrons. The normalized spacial score (nSPS) is 15.4. The molecule has 0 atom stereocenters. The number of carbonyl (C=O) groups is 1. The SMILES string of the molecule is CCC1CC1.O=C([O-])CBr. The molecule has 1 fully saturated rings. The van der Waals surface area contributed by atoms with Crippen LogP contribution < -0.4 is 5.11 Å². The molecular formula is C7H12BrO2-. The average molecular weight is 208 g/mol. The second-order valence-electron chi connectivity index (χ2n) is 2.36. The van der Waals surface area contributed by atoms with Gasteiger partial charge in [0.25, 0.3) is 0 Å². The van der Waals surface area contributed by atoms with Gasteiger partial charge in [0.15, 0.2) is 0 Å². The van der Waals surface area contributed by atoms with E-state index in [1.807, 2.05) is 0 Å². The van der Waals surface area contributed by atoms with Crippen molar-refractivity contribution in [1.82, 2.24) is 0 Å². The van der Waals surface area contributed by atoms with Crippen molar-refractivity contribution in [2.45, 2.75) is 26.2 Å². The second-order valence-corrected chi connectivity index (χ2v) is 2.92. The number of carbonyl (C=O) groups excluding carboxylic acids is 1. The Morgan fingerprint density at radius 3 is 2.10 bits per heavy atom. The maximum absolute atomic E-state index is 9.21. The smallest absolute Gasteiger partial charge is 0.0520 e. The summed E-state index contributed by atoms with van der Waals surface area (Å²) >= 11 is 2.65. The highest BCUT2D eigenvalue weighted by molar-refractivity contribution is 9.09. The number of carboxylic acid groups (broad SMARTS) is 1. The highest BCUT2D eigenvalue weighted by Gasteiger charge is 2.17. The molecule has 0 spiro atoms. The fraction of sp³-hybridized carbons (Fsp3) is 0.857. The molecule has 1 aliphatic carbocycles. The Bertz CT molecular complexity index is 99.8. The fourth-order valence-electron chi connectivity index (χ4n) is 0.526. The van der Waals surface area contributed by atoms with Gasteiger partial charge in [0.05, 0.1) is 5.97 Å². The summed E-state index contributed by atoms with van der Waals surface area (Å²) in [6.45, 7) is 2.26. The Morgan fingerprint density at radius 2 is 2.10 bits per heavy atom. The number of alkyl halides is 1. The summed E-state index contributed by atoms with van der Waals surface area (Å²) in [5.41, 5.74) is 0. The summed E-state index contributed by atoms with van der Waals surface area (Å²) in [4.78, 5) is 9.21. The summed E-state index contributed by atoms with van der Waals surface area (Å²) in [6, 6.07) is 0. The topological polar surface area (TPSA) is 40.1 Å². The summed E-state index contributed by atoms with van der Waals surface area (Å²) in [7, 11) is 0. The maximum atomic E-state index is 9.21. The molecule has 0 heterocycles. The van der Waals surface area contributed by atoms with E-state index in [-0.39, 0.29) is 5.33 Å². The van der Waals surface area contributed by atoms with Gasteiger partial charge in [-0.05, 0) is 5.92 Å². The fourth-order valence-corrected chi connectivity index (χ4v) is 0.526. The van der Waals surface area contributed by atoms with Crippen molar-refractivity contribution in [3.8, 4) is 0 Å². The van der Waals surface area contributed by atoms with Crippen LogP contribution in [0.4, 0.5) is 0 Å². The minimum absolute atomic E-state index is 0.0764. The first kappa shape index (κ1) is 9.95. The third-order valence-electron chi connectivity index (χ3n) is 1.38. The van der Waals surface area contributed by atoms with E-state index in [4.69, 9.17) is 0 Å². The Labute approximate surface area is 69.8 Å². The number of hydrogen-bond acceptors (Lipinski definition) is 2. The van der Waals surface area contributed by atoms with E-state index < -0.39 is 5.97 Å². The van der Waals surface area contributed by atoms with E-state index in [2.05, 4.69) is 22.9 Å². The van der Waals surface area contributed by atoms with Gasteiger partial charge in [-0.3, -0.25) is 0 Å². The molecule has 0 aromatic carbocycles. The van der Waals surface area contributed by atoms with Crippen molar-refractivity contribution >= 4 is 21.9 Å². The van der Waals surface area contributed by atoms with E-state index in [1.165, 1.54) is 19.3 Å². The van der Waals surface area contributed by atoms with Gasteiger partial charge in [0, 0.05) is 5.33 Å². The Balaban J connectivity index is 0.000000162. The van der Waals surface area contributed by atoms with Crippen molar-refractivity contribution in [1.29, 1.82) is 0 Å². The van der Waals surface area contributed by atoms with Crippen LogP contribution in [0.1, 0.15) is 26.2 Å². The largest absolute Gasteiger partial charge is 0.549 e. The van der Waals surface area contributed by atoms with E-state index in [0.717, 1.165) is 5.92 Å². The minimum atomic E-state index is -1.08. The number of aliphatic carboxylic acids is 1. The summed E-state index contributed by atoms with van der Waals surface area (Å²) in [6.07, 6.45) is 4.44. The average Bonchev–Trinajstić information content (AvgIpc) is 2.70. The molecule has 0 amide bonds. The summed E-state index contributed by atoms with van der Waals surface area (Å²) in [5, 5.41) is 9.13. The first-order valence-electron chi connectivity index (χ1n) is 3.46. The van der Waals surface area contributed by atoms with Gasteiger partial charge in [-0.25, -0.2) is 0 Å². The van der Waals surface area contributed by atoms with Crippen molar-refractivity contribution < 1.29 is 9.90 Å². The number of carboxylic acids is 1. The molecule has 1 aliphatic rings. The Hall–Kier alpha value is -0.0500. The molecule has 3 heteroatoms. The number of hydrogen-bond donors (Lipinski definition) is 0. The maximum Gasteiger partial charge on any atom is 0.0520 e. The lowest BCUT2D eigenvalue weighted by molar-refractivity contribution is -0.301. The zero-order valence-corrected chi connectivity index (χ0v) is 7.69. The van der Waals surface area contributed by atoms with Crippen LogP contribution in [0.2, 0.25) is 0 Å². The first-order valence-corrected chi connectivity index (χ1v) is 4.58. The van der Waals surface area contributed by atoms with Gasteiger partial charge in [0.1, 0.15) is 0 Å². The zero-order valence-electron chi connectivity index (χ0n) is 6.10. The molecule has 0 aromatic rings. The molecule has 2 nitrogen and oxygen atoms in total. The lowest BCUT2D eigenvalue weighted by Crippen LogP contribution is -2.22. The third kappa shape index (κ3) is 7.95. The molecule has 0 unspecified atom stereocenters. The van der Waals surface area contributed by atoms with Gasteiger partial charge in [0.2, 0.25) is 0 Å². The zero-order chi connectivity index (χ0) is 7.98. The van der Waals surface area contributed by atoms with Crippen molar-refractivity contribution in [3.05, 3.63) is 0 Å². The van der Waals surface area contributed by atoms with Crippen LogP contribution in [0.25, 0.3) is 0 Å². The van der Waals surface area contributed by atoms with Crippen LogP contribution in [-0.4, -0.2) is 11.3 Å². The molecule has 0 saturated heterocycles. The molecule has 60 valence electrons. The molecular weight excluding hydrogens is 196 g/mol. The van der Waals surface area contributed by atoms with Crippen LogP contribution in [0.15, 0.2) is 0 Å². The van der Waals surface area contributed by atoms with Crippen molar-refractivity contribution in [3.63, 3.8) is 0 Å². The lowest BCUT2D eigenvalue weighted by atomic mass is 10.3. The van der Waals surface area contributed by atoms with Crippen LogP contribution in [0.3, 0.4) is 0 Å². The van der Waals surface area contributed by atoms with Gasteiger partial charge in [-0.2, -0.15) is 0 Å². The van der Waals surface area contributed by atoms with E-state index >= 15 is 0 Å². The van der Waals surface area contributed by atoms with Gasteiger partial charge < -0.3 is 9.90 Å². The molecule has 0 aromatic heterocycles. The van der Waals surface area contributed by atoms with Crippen LogP contribution >= 0.6 is 15.9 Å². The quantitative estimate of drug-likeness (QED) is 0.633. The van der Waals surface area contributed by atoms with E-state index in [0.29, 0.717) is 0 Å². The number of halogens is 1. The second kappa shape index (κ2) is 5.71. The monoisotopic (exact) mass is 207 g/mol. The molecule has 0 aliphatic heterocycles. The molecule has 1 saturated carbocycles. The van der Waals surface area contributed by atoms with Crippen LogP contribution in [-0.2, 0) is 4.79 Å². The Kier molecular flexibility index (Phi) is 5.69. The summed E-state index contributed by atoms with van der Waals surface area (Å²) < 4.78 is 0. The molecule has 1 rings (SSSR count). The first-order chi connectivity index (χ1) is 4.70. The van der Waals surface area contributed by atoms with Crippen molar-refractivity contribution in [2.75, 3.05) is 5.33 Å². The molecule has 0 bridgehead atoms. The van der Waals surface area contributed by atoms with E-state index in [9.17, 15) is 9.90 Å².